The zero-order valence-corrected chi connectivity index (χ0v) is 17.2. The zero-order chi connectivity index (χ0) is 21.0. The molecule has 1 fully saturated rings. The van der Waals surface area contributed by atoms with E-state index in [-0.39, 0.29) is 11.1 Å². The fraction of sp³-hybridized carbons (Fsp3) is 0.500. The Kier molecular flexibility index (Phi) is 6.25. The molecule has 0 saturated heterocycles. The van der Waals surface area contributed by atoms with E-state index >= 15 is 0 Å². The molecule has 1 aliphatic carbocycles. The van der Waals surface area contributed by atoms with Gasteiger partial charge in [0.05, 0.1) is 19.7 Å². The molecule has 1 amide bonds. The molecule has 1 N–H and O–H groups in total. The van der Waals surface area contributed by atoms with Gasteiger partial charge in [0.25, 0.3) is 11.5 Å². The molecule has 7 heteroatoms. The summed E-state index contributed by atoms with van der Waals surface area (Å²) in [6.07, 6.45) is 4.41. The normalized spacial score (nSPS) is 15.3. The number of fused-ring (bicyclic) bond motifs is 1. The van der Waals surface area contributed by atoms with Gasteiger partial charge in [0.2, 0.25) is 0 Å². The van der Waals surface area contributed by atoms with Gasteiger partial charge in [0, 0.05) is 12.6 Å². The monoisotopic (exact) mass is 400 g/mol. The highest BCUT2D eigenvalue weighted by Gasteiger charge is 2.44. The Morgan fingerprint density at radius 2 is 1.90 bits per heavy atom. The summed E-state index contributed by atoms with van der Waals surface area (Å²) in [4.78, 5) is 38.6. The molecule has 156 valence electrons. The maximum Gasteiger partial charge on any atom is 0.331 e. The number of ether oxygens (including phenoxy) is 2. The highest BCUT2D eigenvalue weighted by molar-refractivity contribution is 6.00. The van der Waals surface area contributed by atoms with Crippen molar-refractivity contribution in [2.45, 2.75) is 57.5 Å². The summed E-state index contributed by atoms with van der Waals surface area (Å²) in [5, 5.41) is 3.59. The third kappa shape index (κ3) is 3.99. The molecule has 29 heavy (non-hydrogen) atoms. The van der Waals surface area contributed by atoms with Crippen molar-refractivity contribution in [1.29, 1.82) is 0 Å². The number of aromatic nitrogens is 1. The van der Waals surface area contributed by atoms with E-state index in [4.69, 9.17) is 9.47 Å². The van der Waals surface area contributed by atoms with Crippen LogP contribution in [0.25, 0.3) is 10.9 Å². The smallest absolute Gasteiger partial charge is 0.331 e. The molecule has 1 aromatic heterocycles. The summed E-state index contributed by atoms with van der Waals surface area (Å²) < 4.78 is 11.8. The zero-order valence-electron chi connectivity index (χ0n) is 17.2. The number of amides is 1. The summed E-state index contributed by atoms with van der Waals surface area (Å²) >= 11 is 0. The molecule has 1 heterocycles. The third-order valence-electron chi connectivity index (χ3n) is 5.67. The molecule has 2 aromatic rings. The molecule has 3 rings (SSSR count). The van der Waals surface area contributed by atoms with Crippen molar-refractivity contribution in [1.82, 2.24) is 9.88 Å². The second-order valence-corrected chi connectivity index (χ2v) is 7.53. The molecule has 0 atom stereocenters. The number of pyridine rings is 1. The number of carbonyl (C=O) groups excluding carboxylic acids is 2. The van der Waals surface area contributed by atoms with Gasteiger partial charge < -0.3 is 19.4 Å². The Hall–Kier alpha value is -2.83. The van der Waals surface area contributed by atoms with Crippen LogP contribution in [0, 0.1) is 0 Å². The first kappa shape index (κ1) is 20.9. The van der Waals surface area contributed by atoms with Crippen LogP contribution in [0.1, 0.15) is 55.8 Å². The van der Waals surface area contributed by atoms with Crippen LogP contribution in [0.2, 0.25) is 0 Å². The highest BCUT2D eigenvalue weighted by atomic mass is 16.5. The maximum atomic E-state index is 13.2. The number of hydrogen-bond donors (Lipinski definition) is 1. The van der Waals surface area contributed by atoms with Crippen LogP contribution in [0.15, 0.2) is 29.1 Å². The first-order valence-corrected chi connectivity index (χ1v) is 10.1. The lowest BCUT2D eigenvalue weighted by molar-refractivity contribution is -0.148. The Bertz CT molecular complexity index is 973. The van der Waals surface area contributed by atoms with Gasteiger partial charge in [0.15, 0.2) is 0 Å². The maximum absolute atomic E-state index is 13.2. The summed E-state index contributed by atoms with van der Waals surface area (Å²) in [6.45, 7) is 2.55. The summed E-state index contributed by atoms with van der Waals surface area (Å²) in [6, 6.07) is 7.03. The molecular formula is C22H28N2O5. The lowest BCUT2D eigenvalue weighted by atomic mass is 9.97. The molecular weight excluding hydrogens is 372 g/mol. The van der Waals surface area contributed by atoms with E-state index in [1.807, 2.05) is 13.0 Å². The van der Waals surface area contributed by atoms with E-state index in [9.17, 15) is 14.4 Å². The molecule has 1 saturated carbocycles. The molecule has 0 unspecified atom stereocenters. The minimum Gasteiger partial charge on any atom is -0.497 e. The number of nitrogens with one attached hydrogen (secondary N) is 1. The molecule has 0 bridgehead atoms. The van der Waals surface area contributed by atoms with Gasteiger partial charge >= 0.3 is 5.97 Å². The van der Waals surface area contributed by atoms with Gasteiger partial charge in [-0.15, -0.1) is 0 Å². The predicted octanol–water partition coefficient (Wildman–Crippen LogP) is 3.03. The molecule has 0 spiro atoms. The van der Waals surface area contributed by atoms with Crippen molar-refractivity contribution in [2.75, 3.05) is 14.2 Å². The van der Waals surface area contributed by atoms with Crippen LogP contribution in [0.4, 0.5) is 0 Å². The number of carbonyl (C=O) groups is 2. The van der Waals surface area contributed by atoms with Gasteiger partial charge in [-0.25, -0.2) is 4.79 Å². The minimum atomic E-state index is -1.05. The van der Waals surface area contributed by atoms with Crippen LogP contribution in [0.5, 0.6) is 5.75 Å². The van der Waals surface area contributed by atoms with Crippen LogP contribution in [0.3, 0.4) is 0 Å². The summed E-state index contributed by atoms with van der Waals surface area (Å²) in [5.74, 6) is -0.347. The minimum absolute atomic E-state index is 0.0361. The van der Waals surface area contributed by atoms with Crippen LogP contribution in [-0.4, -0.2) is 36.2 Å². The first-order valence-electron chi connectivity index (χ1n) is 10.1. The average molecular weight is 400 g/mol. The Labute approximate surface area is 170 Å². The number of aryl methyl sites for hydroxylation is 1. The van der Waals surface area contributed by atoms with Crippen molar-refractivity contribution in [3.8, 4) is 5.75 Å². The Morgan fingerprint density at radius 1 is 1.17 bits per heavy atom. The first-order chi connectivity index (χ1) is 14.0. The second kappa shape index (κ2) is 8.68. The number of methoxy groups -OCH3 is 2. The van der Waals surface area contributed by atoms with Gasteiger partial charge in [-0.1, -0.05) is 26.2 Å². The number of nitrogens with zero attached hydrogens (tertiary/aromatic N) is 1. The Balaban J connectivity index is 2.06. The molecule has 1 aliphatic rings. The van der Waals surface area contributed by atoms with Crippen molar-refractivity contribution in [3.63, 3.8) is 0 Å². The van der Waals surface area contributed by atoms with Crippen molar-refractivity contribution in [3.05, 3.63) is 40.2 Å². The fourth-order valence-electron chi connectivity index (χ4n) is 4.02. The lowest BCUT2D eigenvalue weighted by Crippen LogP contribution is -2.54. The third-order valence-corrected chi connectivity index (χ3v) is 5.67. The van der Waals surface area contributed by atoms with Crippen molar-refractivity contribution in [2.24, 2.45) is 0 Å². The van der Waals surface area contributed by atoms with Gasteiger partial charge in [-0.3, -0.25) is 9.59 Å². The SMILES string of the molecule is CCCCn1c(=O)c(C(=O)NC2(C(=O)OC)CCCC2)cc2ccc(OC)cc21. The van der Waals surface area contributed by atoms with Gasteiger partial charge in [-0.2, -0.15) is 0 Å². The topological polar surface area (TPSA) is 86.6 Å². The lowest BCUT2D eigenvalue weighted by Gasteiger charge is -2.27. The molecule has 7 nitrogen and oxygen atoms in total. The molecule has 0 radical (unpaired) electrons. The number of benzene rings is 1. The van der Waals surface area contributed by atoms with E-state index < -0.39 is 17.4 Å². The number of unbranched alkanes of at least 4 members (excludes halogenated alkanes) is 1. The van der Waals surface area contributed by atoms with Crippen LogP contribution in [-0.2, 0) is 16.1 Å². The number of rotatable bonds is 7. The van der Waals surface area contributed by atoms with E-state index in [1.54, 1.807) is 29.9 Å². The van der Waals surface area contributed by atoms with Crippen LogP contribution < -0.4 is 15.6 Å². The Morgan fingerprint density at radius 3 is 2.52 bits per heavy atom. The van der Waals surface area contributed by atoms with Gasteiger partial charge in [-0.05, 0) is 42.8 Å². The predicted molar refractivity (Wildman–Crippen MR) is 110 cm³/mol. The quantitative estimate of drug-likeness (QED) is 0.722. The van der Waals surface area contributed by atoms with Crippen molar-refractivity contribution < 1.29 is 19.1 Å². The van der Waals surface area contributed by atoms with E-state index in [1.165, 1.54) is 7.11 Å². The average Bonchev–Trinajstić information content (AvgIpc) is 3.21. The van der Waals surface area contributed by atoms with Crippen LogP contribution >= 0.6 is 0 Å². The summed E-state index contributed by atoms with van der Waals surface area (Å²) in [5.41, 5.74) is -0.659. The highest BCUT2D eigenvalue weighted by Crippen LogP contribution is 2.31. The summed E-state index contributed by atoms with van der Waals surface area (Å²) in [7, 11) is 2.89. The second-order valence-electron chi connectivity index (χ2n) is 7.53. The fourth-order valence-corrected chi connectivity index (χ4v) is 4.02. The van der Waals surface area contributed by atoms with Crippen molar-refractivity contribution >= 4 is 22.8 Å². The number of esters is 1. The molecule has 0 aliphatic heterocycles. The van der Waals surface area contributed by atoms with E-state index in [0.717, 1.165) is 36.6 Å². The molecule has 1 aromatic carbocycles. The van der Waals surface area contributed by atoms with Gasteiger partial charge in [0.1, 0.15) is 16.9 Å². The standard InChI is InChI=1S/C22H28N2O5/c1-4-5-12-24-18-14-16(28-2)9-8-15(18)13-17(20(24)26)19(25)23-22(21(27)29-3)10-6-7-11-22/h8-9,13-14H,4-7,10-12H2,1-3H3,(H,23,25). The van der Waals surface area contributed by atoms with E-state index in [2.05, 4.69) is 5.32 Å². The van der Waals surface area contributed by atoms with E-state index in [0.29, 0.717) is 25.1 Å². The largest absolute Gasteiger partial charge is 0.497 e. The number of hydrogen-bond acceptors (Lipinski definition) is 5.